The summed E-state index contributed by atoms with van der Waals surface area (Å²) < 4.78 is 37.0. The summed E-state index contributed by atoms with van der Waals surface area (Å²) in [6, 6.07) is 3.82. The minimum Gasteiger partial charge on any atom is -0.166 e. The maximum absolute atomic E-state index is 12.3. The number of hydrogen-bond donors (Lipinski definition) is 0. The van der Waals surface area contributed by atoms with E-state index in [4.69, 9.17) is 6.42 Å². The summed E-state index contributed by atoms with van der Waals surface area (Å²) in [5.74, 6) is 2.16. The normalized spacial score (nSPS) is 11.0. The van der Waals surface area contributed by atoms with E-state index < -0.39 is 11.7 Å². The van der Waals surface area contributed by atoms with Crippen LogP contribution >= 0.6 is 22.6 Å². The van der Waals surface area contributed by atoms with Gasteiger partial charge in [-0.2, -0.15) is 13.2 Å². The van der Waals surface area contributed by atoms with Gasteiger partial charge in [0.05, 0.1) is 5.56 Å². The van der Waals surface area contributed by atoms with Crippen LogP contribution in [0.5, 0.6) is 0 Å². The molecular weight excluding hydrogens is 292 g/mol. The number of hydrogen-bond acceptors (Lipinski definition) is 0. The highest BCUT2D eigenvalue weighted by Gasteiger charge is 2.32. The molecule has 0 saturated heterocycles. The first kappa shape index (κ1) is 10.4. The Morgan fingerprint density at radius 2 is 1.92 bits per heavy atom. The highest BCUT2D eigenvalue weighted by molar-refractivity contribution is 14.1. The molecule has 68 valence electrons. The van der Waals surface area contributed by atoms with Crippen LogP contribution in [-0.4, -0.2) is 0 Å². The Bertz CT molecular complexity index is 360. The largest absolute Gasteiger partial charge is 0.417 e. The van der Waals surface area contributed by atoms with Gasteiger partial charge in [-0.1, -0.05) is 5.92 Å². The molecule has 13 heavy (non-hydrogen) atoms. The number of halogens is 4. The lowest BCUT2D eigenvalue weighted by Crippen LogP contribution is -2.07. The zero-order chi connectivity index (χ0) is 10.1. The molecule has 0 bridgehead atoms. The van der Waals surface area contributed by atoms with Gasteiger partial charge in [0.25, 0.3) is 0 Å². The number of alkyl halides is 3. The molecule has 0 fully saturated rings. The third kappa shape index (κ3) is 2.37. The molecule has 1 aromatic rings. The average molecular weight is 296 g/mol. The lowest BCUT2D eigenvalue weighted by atomic mass is 10.1. The second kappa shape index (κ2) is 3.58. The highest BCUT2D eigenvalue weighted by atomic mass is 127. The summed E-state index contributed by atoms with van der Waals surface area (Å²) in [6.45, 7) is 0. The molecule has 0 aliphatic carbocycles. The number of benzene rings is 1. The molecule has 1 aromatic carbocycles. The number of terminal acetylenes is 1. The van der Waals surface area contributed by atoms with Crippen molar-refractivity contribution in [3.63, 3.8) is 0 Å². The zero-order valence-corrected chi connectivity index (χ0v) is 8.48. The monoisotopic (exact) mass is 296 g/mol. The molecule has 0 aliphatic heterocycles. The van der Waals surface area contributed by atoms with E-state index in [1.165, 1.54) is 12.1 Å². The lowest BCUT2D eigenvalue weighted by molar-refractivity contribution is -0.138. The number of rotatable bonds is 0. The van der Waals surface area contributed by atoms with E-state index in [1.807, 2.05) is 0 Å². The molecule has 0 N–H and O–H groups in total. The van der Waals surface area contributed by atoms with Crippen molar-refractivity contribution in [1.29, 1.82) is 0 Å². The second-order valence-corrected chi connectivity index (χ2v) is 3.50. The molecule has 0 nitrogen and oxygen atoms in total. The summed E-state index contributed by atoms with van der Waals surface area (Å²) in [6.07, 6.45) is 0.662. The molecular formula is C9H4F3I. The van der Waals surface area contributed by atoms with E-state index in [0.717, 1.165) is 6.07 Å². The molecule has 4 heteroatoms. The van der Waals surface area contributed by atoms with E-state index >= 15 is 0 Å². The summed E-state index contributed by atoms with van der Waals surface area (Å²) in [4.78, 5) is 0. The molecule has 0 unspecified atom stereocenters. The van der Waals surface area contributed by atoms with E-state index in [-0.39, 0.29) is 9.13 Å². The first-order valence-electron chi connectivity index (χ1n) is 3.28. The lowest BCUT2D eigenvalue weighted by Gasteiger charge is -2.08. The highest BCUT2D eigenvalue weighted by Crippen LogP contribution is 2.33. The van der Waals surface area contributed by atoms with Crippen molar-refractivity contribution in [3.05, 3.63) is 32.9 Å². The Morgan fingerprint density at radius 1 is 1.31 bits per heavy atom. The maximum atomic E-state index is 12.3. The predicted octanol–water partition coefficient (Wildman–Crippen LogP) is 3.29. The third-order valence-corrected chi connectivity index (χ3v) is 2.38. The van der Waals surface area contributed by atoms with Crippen molar-refractivity contribution in [2.45, 2.75) is 6.18 Å². The van der Waals surface area contributed by atoms with Crippen molar-refractivity contribution < 1.29 is 13.2 Å². The zero-order valence-electron chi connectivity index (χ0n) is 6.32. The second-order valence-electron chi connectivity index (χ2n) is 2.34. The molecule has 0 saturated carbocycles. The van der Waals surface area contributed by atoms with Crippen LogP contribution < -0.4 is 0 Å². The Labute approximate surface area is 87.3 Å². The van der Waals surface area contributed by atoms with Gasteiger partial charge in [-0.25, -0.2) is 0 Å². The molecule has 0 amide bonds. The van der Waals surface area contributed by atoms with Crippen LogP contribution in [0.3, 0.4) is 0 Å². The van der Waals surface area contributed by atoms with E-state index in [2.05, 4.69) is 5.92 Å². The van der Waals surface area contributed by atoms with Gasteiger partial charge in [-0.15, -0.1) is 6.42 Å². The fraction of sp³-hybridized carbons (Fsp3) is 0.111. The standard InChI is InChI=1S/C9H4F3I/c1-2-6-3-4-8(13)7(5-6)9(10,11)12/h1,3-5H. The summed E-state index contributed by atoms with van der Waals surface area (Å²) in [7, 11) is 0. The van der Waals surface area contributed by atoms with Crippen molar-refractivity contribution in [1.82, 2.24) is 0 Å². The fourth-order valence-corrected chi connectivity index (χ4v) is 1.47. The minimum atomic E-state index is -4.33. The van der Waals surface area contributed by atoms with Crippen molar-refractivity contribution in [3.8, 4) is 12.3 Å². The van der Waals surface area contributed by atoms with Gasteiger partial charge in [-0.05, 0) is 40.8 Å². The molecule has 0 atom stereocenters. The molecule has 0 radical (unpaired) electrons. The van der Waals surface area contributed by atoms with Gasteiger partial charge >= 0.3 is 6.18 Å². The summed E-state index contributed by atoms with van der Waals surface area (Å²) in [5.41, 5.74) is -0.434. The Morgan fingerprint density at radius 3 is 2.38 bits per heavy atom. The first-order chi connectivity index (χ1) is 5.95. The van der Waals surface area contributed by atoms with Crippen LogP contribution in [0.25, 0.3) is 0 Å². The van der Waals surface area contributed by atoms with E-state index in [0.29, 0.717) is 0 Å². The van der Waals surface area contributed by atoms with Crippen LogP contribution in [0.2, 0.25) is 0 Å². The van der Waals surface area contributed by atoms with Gasteiger partial charge in [0.15, 0.2) is 0 Å². The fourth-order valence-electron chi connectivity index (χ4n) is 0.832. The SMILES string of the molecule is C#Cc1ccc(I)c(C(F)(F)F)c1. The van der Waals surface area contributed by atoms with Crippen LogP contribution in [0, 0.1) is 15.9 Å². The van der Waals surface area contributed by atoms with Crippen LogP contribution in [0.15, 0.2) is 18.2 Å². The molecule has 1 rings (SSSR count). The maximum Gasteiger partial charge on any atom is 0.417 e. The Kier molecular flexibility index (Phi) is 2.86. The Hall–Kier alpha value is -0.700. The minimum absolute atomic E-state index is 0.157. The molecule has 0 aliphatic rings. The van der Waals surface area contributed by atoms with Crippen LogP contribution in [-0.2, 0) is 6.18 Å². The van der Waals surface area contributed by atoms with Gasteiger partial charge in [0.1, 0.15) is 0 Å². The topological polar surface area (TPSA) is 0 Å². The van der Waals surface area contributed by atoms with Gasteiger partial charge in [0, 0.05) is 9.13 Å². The van der Waals surface area contributed by atoms with Crippen molar-refractivity contribution in [2.75, 3.05) is 0 Å². The van der Waals surface area contributed by atoms with E-state index in [1.54, 1.807) is 22.6 Å². The van der Waals surface area contributed by atoms with Crippen LogP contribution in [0.4, 0.5) is 13.2 Å². The van der Waals surface area contributed by atoms with Crippen molar-refractivity contribution >= 4 is 22.6 Å². The quantitative estimate of drug-likeness (QED) is 0.509. The van der Waals surface area contributed by atoms with Crippen molar-refractivity contribution in [2.24, 2.45) is 0 Å². The predicted molar refractivity (Wildman–Crippen MR) is 52.1 cm³/mol. The van der Waals surface area contributed by atoms with Gasteiger partial charge in [0.2, 0.25) is 0 Å². The summed E-state index contributed by atoms with van der Waals surface area (Å²) in [5, 5.41) is 0. The molecule has 0 aromatic heterocycles. The van der Waals surface area contributed by atoms with E-state index in [9.17, 15) is 13.2 Å². The smallest absolute Gasteiger partial charge is 0.166 e. The summed E-state index contributed by atoms with van der Waals surface area (Å²) >= 11 is 1.63. The Balaban J connectivity index is 3.29. The molecule has 0 spiro atoms. The van der Waals surface area contributed by atoms with Gasteiger partial charge in [-0.3, -0.25) is 0 Å². The van der Waals surface area contributed by atoms with Crippen LogP contribution in [0.1, 0.15) is 11.1 Å². The first-order valence-corrected chi connectivity index (χ1v) is 4.36. The average Bonchev–Trinajstić information content (AvgIpc) is 2.03. The third-order valence-electron chi connectivity index (χ3n) is 1.44. The molecule has 0 heterocycles. The van der Waals surface area contributed by atoms with Gasteiger partial charge < -0.3 is 0 Å².